The van der Waals surface area contributed by atoms with Gasteiger partial charge in [-0.2, -0.15) is 0 Å². The van der Waals surface area contributed by atoms with Crippen molar-refractivity contribution in [1.29, 1.82) is 0 Å². The fourth-order valence-electron chi connectivity index (χ4n) is 6.12. The van der Waals surface area contributed by atoms with Crippen molar-refractivity contribution in [2.24, 2.45) is 11.8 Å². The maximum absolute atomic E-state index is 2.51. The molecule has 0 saturated heterocycles. The fourth-order valence-corrected chi connectivity index (χ4v) is 6.12. The van der Waals surface area contributed by atoms with Gasteiger partial charge < -0.3 is 0 Å². The minimum atomic E-state index is 0.616. The van der Waals surface area contributed by atoms with Gasteiger partial charge in [0.25, 0.3) is 0 Å². The first-order chi connectivity index (χ1) is 15.8. The Hall–Kier alpha value is -2.08. The summed E-state index contributed by atoms with van der Waals surface area (Å²) in [4.78, 5) is 0. The molecular formula is C32H42. The summed E-state index contributed by atoms with van der Waals surface area (Å²) in [6, 6.07) is 18.2. The minimum Gasteiger partial charge on any atom is -0.0761 e. The Bertz CT molecular complexity index is 826. The smallest absolute Gasteiger partial charge is 0.00555 e. The van der Waals surface area contributed by atoms with E-state index in [1.54, 1.807) is 11.1 Å². The molecular weight excluding hydrogens is 384 g/mol. The van der Waals surface area contributed by atoms with Crippen LogP contribution in [-0.2, 0) is 0 Å². The zero-order chi connectivity index (χ0) is 22.2. The largest absolute Gasteiger partial charge is 0.0761 e. The van der Waals surface area contributed by atoms with Crippen molar-refractivity contribution in [2.45, 2.75) is 89.9 Å². The van der Waals surface area contributed by atoms with Crippen LogP contribution in [0.4, 0.5) is 0 Å². The van der Waals surface area contributed by atoms with Crippen LogP contribution in [0.3, 0.4) is 0 Å². The molecule has 0 fully saturated rings. The molecule has 2 aromatic carbocycles. The topological polar surface area (TPSA) is 0 Å². The van der Waals surface area contributed by atoms with Crippen molar-refractivity contribution >= 4 is 12.2 Å². The van der Waals surface area contributed by atoms with Gasteiger partial charge in [-0.05, 0) is 59.8 Å². The molecule has 0 heterocycles. The third-order valence-corrected chi connectivity index (χ3v) is 7.96. The van der Waals surface area contributed by atoms with E-state index in [-0.39, 0.29) is 0 Å². The zero-order valence-corrected chi connectivity index (χ0v) is 20.3. The summed E-state index contributed by atoms with van der Waals surface area (Å²) in [5.74, 6) is 2.78. The van der Waals surface area contributed by atoms with Crippen LogP contribution in [0.2, 0.25) is 0 Å². The number of unbranched alkanes of at least 4 members (excludes halogenated alkanes) is 4. The van der Waals surface area contributed by atoms with Gasteiger partial charge in [0.1, 0.15) is 0 Å². The molecule has 2 aromatic rings. The summed E-state index contributed by atoms with van der Waals surface area (Å²) >= 11 is 0. The van der Waals surface area contributed by atoms with Gasteiger partial charge >= 0.3 is 0 Å². The molecule has 0 saturated carbocycles. The molecule has 0 aromatic heterocycles. The highest BCUT2D eigenvalue weighted by Gasteiger charge is 2.29. The van der Waals surface area contributed by atoms with E-state index in [1.165, 1.54) is 75.3 Å². The van der Waals surface area contributed by atoms with Crippen LogP contribution in [0.25, 0.3) is 12.2 Å². The van der Waals surface area contributed by atoms with E-state index < -0.39 is 0 Å². The lowest BCUT2D eigenvalue weighted by Gasteiger charge is -2.29. The average molecular weight is 427 g/mol. The second-order valence-corrected chi connectivity index (χ2v) is 10.1. The Morgan fingerprint density at radius 3 is 1.44 bits per heavy atom. The number of hydrogen-bond donors (Lipinski definition) is 0. The van der Waals surface area contributed by atoms with E-state index in [0.717, 1.165) is 11.8 Å². The van der Waals surface area contributed by atoms with E-state index in [0.29, 0.717) is 11.8 Å². The van der Waals surface area contributed by atoms with Crippen molar-refractivity contribution < 1.29 is 0 Å². The predicted molar refractivity (Wildman–Crippen MR) is 141 cm³/mol. The molecule has 2 aliphatic rings. The monoisotopic (exact) mass is 426 g/mol. The lowest BCUT2D eigenvalue weighted by molar-refractivity contribution is 0.316. The summed E-state index contributed by atoms with van der Waals surface area (Å²) in [5, 5.41) is 0. The Morgan fingerprint density at radius 2 is 1.00 bits per heavy atom. The third-order valence-electron chi connectivity index (χ3n) is 7.96. The van der Waals surface area contributed by atoms with Crippen molar-refractivity contribution in [3.05, 3.63) is 82.9 Å². The van der Waals surface area contributed by atoms with Gasteiger partial charge in [-0.15, -0.1) is 0 Å². The van der Waals surface area contributed by atoms with Crippen LogP contribution in [0.5, 0.6) is 0 Å². The van der Waals surface area contributed by atoms with E-state index in [4.69, 9.17) is 0 Å². The van der Waals surface area contributed by atoms with Crippen LogP contribution < -0.4 is 0 Å². The SMILES string of the molecule is CCCCCC(CCC(CCCCC)C1C=Cc2ccccc21)C1C=Cc2ccccc21. The predicted octanol–water partition coefficient (Wildman–Crippen LogP) is 9.78. The Kier molecular flexibility index (Phi) is 8.43. The summed E-state index contributed by atoms with van der Waals surface area (Å²) in [6.45, 7) is 4.65. The molecule has 0 bridgehead atoms. The maximum Gasteiger partial charge on any atom is 0.00555 e. The van der Waals surface area contributed by atoms with Gasteiger partial charge in [-0.3, -0.25) is 0 Å². The molecule has 0 nitrogen and oxygen atoms in total. The molecule has 0 spiro atoms. The fraction of sp³-hybridized carbons (Fsp3) is 0.500. The maximum atomic E-state index is 2.51. The summed E-state index contributed by atoms with van der Waals surface area (Å²) in [7, 11) is 0. The van der Waals surface area contributed by atoms with Gasteiger partial charge in [0, 0.05) is 11.8 Å². The summed E-state index contributed by atoms with van der Waals surface area (Å²) in [5.41, 5.74) is 6.04. The standard InChI is InChI=1S/C32H42/c1-3-5-7-13-25(31-23-21-27-15-9-11-17-29(27)31)19-20-26(14-8-6-4-2)32-24-22-28-16-10-12-18-30(28)32/h9-12,15-18,21-26,31-32H,3-8,13-14,19-20H2,1-2H3. The molecule has 32 heavy (non-hydrogen) atoms. The first kappa shape index (κ1) is 23.1. The number of hydrogen-bond acceptors (Lipinski definition) is 0. The third kappa shape index (κ3) is 5.45. The average Bonchev–Trinajstić information content (AvgIpc) is 3.45. The Morgan fingerprint density at radius 1 is 0.562 bits per heavy atom. The summed E-state index contributed by atoms with van der Waals surface area (Å²) in [6.07, 6.45) is 23.3. The number of rotatable bonds is 13. The van der Waals surface area contributed by atoms with Gasteiger partial charge in [0.05, 0.1) is 0 Å². The van der Waals surface area contributed by atoms with Gasteiger partial charge in [-0.25, -0.2) is 0 Å². The van der Waals surface area contributed by atoms with E-state index >= 15 is 0 Å². The van der Waals surface area contributed by atoms with Crippen molar-refractivity contribution in [1.82, 2.24) is 0 Å². The van der Waals surface area contributed by atoms with Gasteiger partial charge in [0.2, 0.25) is 0 Å². The van der Waals surface area contributed by atoms with Crippen LogP contribution in [0.1, 0.15) is 112 Å². The second-order valence-electron chi connectivity index (χ2n) is 10.1. The first-order valence-electron chi connectivity index (χ1n) is 13.4. The van der Waals surface area contributed by atoms with Gasteiger partial charge in [0.15, 0.2) is 0 Å². The molecule has 0 radical (unpaired) electrons. The zero-order valence-electron chi connectivity index (χ0n) is 20.3. The molecule has 4 rings (SSSR count). The van der Waals surface area contributed by atoms with E-state index in [9.17, 15) is 0 Å². The first-order valence-corrected chi connectivity index (χ1v) is 13.4. The Balaban J connectivity index is 1.48. The lowest BCUT2D eigenvalue weighted by Crippen LogP contribution is -2.16. The molecule has 2 aliphatic carbocycles. The molecule has 0 heteroatoms. The van der Waals surface area contributed by atoms with Crippen molar-refractivity contribution in [2.75, 3.05) is 0 Å². The minimum absolute atomic E-state index is 0.616. The van der Waals surface area contributed by atoms with Crippen molar-refractivity contribution in [3.8, 4) is 0 Å². The molecule has 0 N–H and O–H groups in total. The highest BCUT2D eigenvalue weighted by Crippen LogP contribution is 2.44. The quantitative estimate of drug-likeness (QED) is 0.280. The second kappa shape index (κ2) is 11.7. The molecule has 0 amide bonds. The van der Waals surface area contributed by atoms with Crippen LogP contribution in [0, 0.1) is 11.8 Å². The van der Waals surface area contributed by atoms with Crippen molar-refractivity contribution in [3.63, 3.8) is 0 Å². The summed E-state index contributed by atoms with van der Waals surface area (Å²) < 4.78 is 0. The van der Waals surface area contributed by atoms with Crippen LogP contribution in [0.15, 0.2) is 60.7 Å². The number of fused-ring (bicyclic) bond motifs is 2. The molecule has 170 valence electrons. The van der Waals surface area contributed by atoms with E-state index in [1.807, 2.05) is 0 Å². The molecule has 4 unspecified atom stereocenters. The van der Waals surface area contributed by atoms with E-state index in [2.05, 4.69) is 86.7 Å². The normalized spacial score (nSPS) is 20.3. The molecule has 4 atom stereocenters. The lowest BCUT2D eigenvalue weighted by atomic mass is 9.76. The highest BCUT2D eigenvalue weighted by molar-refractivity contribution is 5.63. The Labute approximate surface area is 196 Å². The highest BCUT2D eigenvalue weighted by atomic mass is 14.3. The van der Waals surface area contributed by atoms with Gasteiger partial charge in [-0.1, -0.05) is 125 Å². The van der Waals surface area contributed by atoms with Crippen LogP contribution in [-0.4, -0.2) is 0 Å². The van der Waals surface area contributed by atoms with Crippen LogP contribution >= 0.6 is 0 Å². The number of benzene rings is 2. The molecule has 0 aliphatic heterocycles. The number of allylic oxidation sites excluding steroid dienone is 2.